The first-order valence-electron chi connectivity index (χ1n) is 7.45. The third-order valence-electron chi connectivity index (χ3n) is 3.65. The van der Waals surface area contributed by atoms with E-state index in [1.54, 1.807) is 19.4 Å². The monoisotopic (exact) mass is 318 g/mol. The van der Waals surface area contributed by atoms with Crippen molar-refractivity contribution in [3.05, 3.63) is 66.0 Å². The Kier molecular flexibility index (Phi) is 6.10. The molecule has 0 radical (unpaired) electrons. The Morgan fingerprint density at radius 1 is 0.955 bits per heavy atom. The maximum atomic E-state index is 12.3. The molecule has 0 aliphatic heterocycles. The van der Waals surface area contributed by atoms with Gasteiger partial charge in [0.1, 0.15) is 0 Å². The van der Waals surface area contributed by atoms with Crippen molar-refractivity contribution in [3.63, 3.8) is 0 Å². The number of aryl methyl sites for hydroxylation is 1. The number of hydrogen-bond donors (Lipinski definition) is 0. The summed E-state index contributed by atoms with van der Waals surface area (Å²) in [5, 5.41) is 0. The predicted molar refractivity (Wildman–Crippen MR) is 89.1 cm³/mol. The lowest BCUT2D eigenvalue weighted by molar-refractivity contribution is 0.471. The zero-order chi connectivity index (χ0) is 15.8. The molecular formula is C17H22N2O2S. The predicted octanol–water partition coefficient (Wildman–Crippen LogP) is 2.52. The average Bonchev–Trinajstić information content (AvgIpc) is 2.54. The van der Waals surface area contributed by atoms with Crippen molar-refractivity contribution in [2.24, 2.45) is 0 Å². The van der Waals surface area contributed by atoms with Crippen molar-refractivity contribution < 1.29 is 8.42 Å². The molecule has 0 spiro atoms. The number of aromatic nitrogens is 1. The summed E-state index contributed by atoms with van der Waals surface area (Å²) >= 11 is 0. The Balaban J connectivity index is 1.79. The molecule has 0 fully saturated rings. The average molecular weight is 318 g/mol. The van der Waals surface area contributed by atoms with Crippen LogP contribution in [0.15, 0.2) is 54.9 Å². The second-order valence-electron chi connectivity index (χ2n) is 5.33. The molecule has 0 aliphatic carbocycles. The third kappa shape index (κ3) is 5.24. The highest BCUT2D eigenvalue weighted by Gasteiger charge is 2.17. The highest BCUT2D eigenvalue weighted by Crippen LogP contribution is 2.08. The van der Waals surface area contributed by atoms with Gasteiger partial charge in [-0.3, -0.25) is 4.98 Å². The number of nitrogens with zero attached hydrogens (tertiary/aromatic N) is 2. The van der Waals surface area contributed by atoms with Gasteiger partial charge in [-0.15, -0.1) is 0 Å². The van der Waals surface area contributed by atoms with E-state index in [0.29, 0.717) is 19.4 Å². The van der Waals surface area contributed by atoms with Gasteiger partial charge in [0, 0.05) is 26.0 Å². The van der Waals surface area contributed by atoms with Gasteiger partial charge < -0.3 is 0 Å². The molecule has 0 bridgehead atoms. The van der Waals surface area contributed by atoms with Crippen LogP contribution >= 0.6 is 0 Å². The first kappa shape index (κ1) is 16.6. The molecule has 0 N–H and O–H groups in total. The Labute approximate surface area is 132 Å². The van der Waals surface area contributed by atoms with Crippen molar-refractivity contribution >= 4 is 10.0 Å². The van der Waals surface area contributed by atoms with Crippen molar-refractivity contribution in [2.45, 2.75) is 19.3 Å². The van der Waals surface area contributed by atoms with Crippen LogP contribution < -0.4 is 0 Å². The molecule has 2 rings (SSSR count). The molecule has 22 heavy (non-hydrogen) atoms. The largest absolute Gasteiger partial charge is 0.265 e. The molecule has 1 aromatic carbocycles. The highest BCUT2D eigenvalue weighted by molar-refractivity contribution is 7.89. The van der Waals surface area contributed by atoms with E-state index in [9.17, 15) is 8.42 Å². The van der Waals surface area contributed by atoms with Crippen molar-refractivity contribution in [1.82, 2.24) is 9.29 Å². The van der Waals surface area contributed by atoms with Crippen LogP contribution in [0.5, 0.6) is 0 Å². The lowest BCUT2D eigenvalue weighted by atomic mass is 10.1. The van der Waals surface area contributed by atoms with E-state index in [4.69, 9.17) is 0 Å². The lowest BCUT2D eigenvalue weighted by Crippen LogP contribution is -2.31. The van der Waals surface area contributed by atoms with Crippen LogP contribution in [0.2, 0.25) is 0 Å². The summed E-state index contributed by atoms with van der Waals surface area (Å²) in [5.74, 6) is 0.189. The summed E-state index contributed by atoms with van der Waals surface area (Å²) < 4.78 is 26.0. The van der Waals surface area contributed by atoms with E-state index < -0.39 is 10.0 Å². The van der Waals surface area contributed by atoms with Crippen molar-refractivity contribution in [2.75, 3.05) is 19.3 Å². The maximum Gasteiger partial charge on any atom is 0.213 e. The van der Waals surface area contributed by atoms with E-state index >= 15 is 0 Å². The van der Waals surface area contributed by atoms with E-state index in [1.807, 2.05) is 42.5 Å². The second kappa shape index (κ2) is 8.06. The number of benzene rings is 1. The van der Waals surface area contributed by atoms with Gasteiger partial charge in [0.25, 0.3) is 0 Å². The summed E-state index contributed by atoms with van der Waals surface area (Å²) in [6, 6.07) is 13.8. The highest BCUT2D eigenvalue weighted by atomic mass is 32.2. The van der Waals surface area contributed by atoms with E-state index in [-0.39, 0.29) is 5.75 Å². The minimum Gasteiger partial charge on any atom is -0.265 e. The SMILES string of the molecule is CN(CCc1ccncc1)S(=O)(=O)CCCc1ccccc1. The summed E-state index contributed by atoms with van der Waals surface area (Å²) in [6.45, 7) is 0.498. The number of likely N-dealkylation sites (N-methyl/N-ethyl adjacent to an activating group) is 1. The van der Waals surface area contributed by atoms with Crippen molar-refractivity contribution in [1.29, 1.82) is 0 Å². The van der Waals surface area contributed by atoms with Crippen molar-refractivity contribution in [3.8, 4) is 0 Å². The summed E-state index contributed by atoms with van der Waals surface area (Å²) in [5.41, 5.74) is 2.28. The first-order chi connectivity index (χ1) is 10.6. The summed E-state index contributed by atoms with van der Waals surface area (Å²) in [7, 11) is -1.53. The van der Waals surface area contributed by atoms with Gasteiger partial charge in [0.15, 0.2) is 0 Å². The van der Waals surface area contributed by atoms with Gasteiger partial charge in [-0.05, 0) is 42.5 Å². The lowest BCUT2D eigenvalue weighted by Gasteiger charge is -2.17. The molecule has 118 valence electrons. The van der Waals surface area contributed by atoms with Crippen LogP contribution in [0.25, 0.3) is 0 Å². The fourth-order valence-electron chi connectivity index (χ4n) is 2.23. The summed E-state index contributed by atoms with van der Waals surface area (Å²) in [6.07, 6.45) is 5.59. The third-order valence-corrected chi connectivity index (χ3v) is 5.59. The standard InChI is InChI=1S/C17H22N2O2S/c1-19(14-11-17-9-12-18-13-10-17)22(20,21)15-5-8-16-6-3-2-4-7-16/h2-4,6-7,9-10,12-13H,5,8,11,14-15H2,1H3. The Morgan fingerprint density at radius 2 is 1.59 bits per heavy atom. The quantitative estimate of drug-likeness (QED) is 0.751. The van der Waals surface area contributed by atoms with Crippen LogP contribution in [-0.2, 0) is 22.9 Å². The van der Waals surface area contributed by atoms with E-state index in [1.165, 1.54) is 9.87 Å². The fraction of sp³-hybridized carbons (Fsp3) is 0.353. The Hall–Kier alpha value is -1.72. The zero-order valence-corrected chi connectivity index (χ0v) is 13.7. The topological polar surface area (TPSA) is 50.3 Å². The molecule has 4 nitrogen and oxygen atoms in total. The molecular weight excluding hydrogens is 296 g/mol. The summed E-state index contributed by atoms with van der Waals surface area (Å²) in [4.78, 5) is 3.96. The number of rotatable bonds is 8. The molecule has 0 atom stereocenters. The van der Waals surface area contributed by atoms with Crippen LogP contribution in [0.4, 0.5) is 0 Å². The van der Waals surface area contributed by atoms with Crippen LogP contribution in [0.3, 0.4) is 0 Å². The van der Waals surface area contributed by atoms with Gasteiger partial charge in [-0.1, -0.05) is 30.3 Å². The zero-order valence-electron chi connectivity index (χ0n) is 12.9. The normalized spacial score (nSPS) is 11.7. The number of pyridine rings is 1. The molecule has 2 aromatic rings. The van der Waals surface area contributed by atoms with Crippen LogP contribution in [-0.4, -0.2) is 37.1 Å². The second-order valence-corrected chi connectivity index (χ2v) is 7.53. The maximum absolute atomic E-state index is 12.3. The molecule has 0 unspecified atom stereocenters. The van der Waals surface area contributed by atoms with Gasteiger partial charge in [0.05, 0.1) is 5.75 Å². The molecule has 5 heteroatoms. The molecule has 0 amide bonds. The first-order valence-corrected chi connectivity index (χ1v) is 9.06. The number of sulfonamides is 1. The van der Waals surface area contributed by atoms with Gasteiger partial charge in [-0.2, -0.15) is 0 Å². The minimum atomic E-state index is -3.18. The fourth-order valence-corrected chi connectivity index (χ4v) is 3.42. The van der Waals surface area contributed by atoms with E-state index in [0.717, 1.165) is 12.0 Å². The molecule has 1 heterocycles. The Morgan fingerprint density at radius 3 is 2.27 bits per heavy atom. The molecule has 0 saturated heterocycles. The van der Waals surface area contributed by atoms with Gasteiger partial charge >= 0.3 is 0 Å². The van der Waals surface area contributed by atoms with E-state index in [2.05, 4.69) is 4.98 Å². The minimum absolute atomic E-state index is 0.189. The Bertz CT molecular complexity index is 658. The molecule has 1 aromatic heterocycles. The van der Waals surface area contributed by atoms with Crippen LogP contribution in [0.1, 0.15) is 17.5 Å². The molecule has 0 aliphatic rings. The van der Waals surface area contributed by atoms with Crippen LogP contribution in [0, 0.1) is 0 Å². The number of hydrogen-bond acceptors (Lipinski definition) is 3. The van der Waals surface area contributed by atoms with Gasteiger partial charge in [-0.25, -0.2) is 12.7 Å². The molecule has 0 saturated carbocycles. The smallest absolute Gasteiger partial charge is 0.213 e. The van der Waals surface area contributed by atoms with Gasteiger partial charge in [0.2, 0.25) is 10.0 Å².